The van der Waals surface area contributed by atoms with Gasteiger partial charge in [-0.05, 0) is 36.8 Å². The average Bonchev–Trinajstić information content (AvgIpc) is 3.50. The van der Waals surface area contributed by atoms with Gasteiger partial charge in [0.15, 0.2) is 10.9 Å². The number of hydrogen-bond acceptors (Lipinski definition) is 6. The second-order valence-electron chi connectivity index (χ2n) is 7.18. The van der Waals surface area contributed by atoms with Crippen molar-refractivity contribution in [1.29, 1.82) is 0 Å². The number of aromatic nitrogens is 1. The van der Waals surface area contributed by atoms with Gasteiger partial charge in [-0.3, -0.25) is 19.3 Å². The molecule has 0 aliphatic carbocycles. The van der Waals surface area contributed by atoms with Crippen molar-refractivity contribution in [2.45, 2.75) is 25.4 Å². The summed E-state index contributed by atoms with van der Waals surface area (Å²) in [5.74, 6) is -1.51. The molecule has 172 valence electrons. The van der Waals surface area contributed by atoms with Crippen LogP contribution in [0.15, 0.2) is 46.4 Å². The lowest BCUT2D eigenvalue weighted by Gasteiger charge is -2.15. The van der Waals surface area contributed by atoms with Crippen LogP contribution in [0.2, 0.25) is 0 Å². The van der Waals surface area contributed by atoms with Crippen LogP contribution < -0.4 is 15.5 Å². The molecule has 12 heteroatoms. The van der Waals surface area contributed by atoms with Crippen LogP contribution in [0.5, 0.6) is 0 Å². The molecule has 0 radical (unpaired) electrons. The number of alkyl halides is 3. The zero-order valence-electron chi connectivity index (χ0n) is 16.9. The van der Waals surface area contributed by atoms with E-state index in [1.807, 2.05) is 0 Å². The summed E-state index contributed by atoms with van der Waals surface area (Å²) < 4.78 is 45.7. The van der Waals surface area contributed by atoms with Gasteiger partial charge < -0.3 is 15.1 Å². The molecule has 0 saturated carbocycles. The maximum absolute atomic E-state index is 13.6. The summed E-state index contributed by atoms with van der Waals surface area (Å²) in [6.45, 7) is 0.551. The van der Waals surface area contributed by atoms with Crippen LogP contribution in [0.1, 0.15) is 34.7 Å². The van der Waals surface area contributed by atoms with Crippen LogP contribution in [-0.2, 0) is 22.2 Å². The lowest BCUT2D eigenvalue weighted by Crippen LogP contribution is -2.23. The maximum atomic E-state index is 13.6. The molecule has 2 N–H and O–H groups in total. The van der Waals surface area contributed by atoms with E-state index in [1.54, 1.807) is 5.38 Å². The summed E-state index contributed by atoms with van der Waals surface area (Å²) in [7, 11) is 0. The van der Waals surface area contributed by atoms with Crippen molar-refractivity contribution in [3.05, 3.63) is 59.0 Å². The van der Waals surface area contributed by atoms with Gasteiger partial charge in [0.25, 0.3) is 5.91 Å². The number of nitrogens with zero attached hydrogens (tertiary/aromatic N) is 2. The van der Waals surface area contributed by atoms with Crippen LogP contribution in [0.25, 0.3) is 0 Å². The number of benzene rings is 1. The largest absolute Gasteiger partial charge is 0.459 e. The highest BCUT2D eigenvalue weighted by Gasteiger charge is 2.34. The zero-order valence-corrected chi connectivity index (χ0v) is 17.8. The Kier molecular flexibility index (Phi) is 6.18. The molecule has 4 rings (SSSR count). The number of thiazole rings is 1. The zero-order chi connectivity index (χ0) is 23.6. The van der Waals surface area contributed by atoms with Crippen LogP contribution in [-0.4, -0.2) is 29.3 Å². The lowest BCUT2D eigenvalue weighted by molar-refractivity contribution is -0.137. The molecule has 1 aromatic carbocycles. The van der Waals surface area contributed by atoms with Gasteiger partial charge in [0.1, 0.15) is 0 Å². The van der Waals surface area contributed by atoms with Crippen molar-refractivity contribution in [3.63, 3.8) is 0 Å². The fourth-order valence-corrected chi connectivity index (χ4v) is 4.14. The fourth-order valence-electron chi connectivity index (χ4n) is 3.28. The monoisotopic (exact) mass is 478 g/mol. The Morgan fingerprint density at radius 2 is 2.03 bits per heavy atom. The maximum Gasteiger partial charge on any atom is 0.418 e. The highest BCUT2D eigenvalue weighted by molar-refractivity contribution is 7.14. The summed E-state index contributed by atoms with van der Waals surface area (Å²) in [5.41, 5.74) is -1.33. The van der Waals surface area contributed by atoms with Gasteiger partial charge >= 0.3 is 6.18 Å². The fraction of sp³-hybridized carbons (Fsp3) is 0.238. The molecule has 0 bridgehead atoms. The summed E-state index contributed by atoms with van der Waals surface area (Å²) in [5, 5.41) is 6.64. The smallest absolute Gasteiger partial charge is 0.418 e. The first-order valence-electron chi connectivity index (χ1n) is 9.81. The van der Waals surface area contributed by atoms with Crippen LogP contribution in [0.4, 0.5) is 29.7 Å². The molecular formula is C21H17F3N4O4S. The van der Waals surface area contributed by atoms with Gasteiger partial charge in [-0.1, -0.05) is 0 Å². The average molecular weight is 478 g/mol. The molecule has 1 fully saturated rings. The number of halogens is 3. The van der Waals surface area contributed by atoms with E-state index in [1.165, 1.54) is 40.7 Å². The van der Waals surface area contributed by atoms with Crippen molar-refractivity contribution >= 4 is 45.6 Å². The minimum atomic E-state index is -4.78. The van der Waals surface area contributed by atoms with E-state index in [2.05, 4.69) is 15.6 Å². The van der Waals surface area contributed by atoms with Crippen LogP contribution in [0.3, 0.4) is 0 Å². The number of anilines is 3. The Morgan fingerprint density at radius 3 is 2.70 bits per heavy atom. The molecule has 0 unspecified atom stereocenters. The minimum Gasteiger partial charge on any atom is -0.459 e. The van der Waals surface area contributed by atoms with Gasteiger partial charge in [-0.25, -0.2) is 4.98 Å². The number of furan rings is 1. The van der Waals surface area contributed by atoms with Crippen molar-refractivity contribution in [2.75, 3.05) is 22.1 Å². The Morgan fingerprint density at radius 1 is 1.21 bits per heavy atom. The third kappa shape index (κ3) is 5.22. The molecule has 3 heterocycles. The number of hydrogen-bond donors (Lipinski definition) is 2. The van der Waals surface area contributed by atoms with Gasteiger partial charge in [-0.15, -0.1) is 11.3 Å². The Labute approximate surface area is 189 Å². The van der Waals surface area contributed by atoms with Gasteiger partial charge in [0.05, 0.1) is 29.6 Å². The van der Waals surface area contributed by atoms with Gasteiger partial charge in [-0.2, -0.15) is 13.2 Å². The second kappa shape index (κ2) is 9.06. The van der Waals surface area contributed by atoms with E-state index in [0.717, 1.165) is 18.6 Å². The number of nitrogens with one attached hydrogen (secondary N) is 2. The summed E-state index contributed by atoms with van der Waals surface area (Å²) in [4.78, 5) is 42.0. The van der Waals surface area contributed by atoms with Gasteiger partial charge in [0, 0.05) is 24.0 Å². The second-order valence-corrected chi connectivity index (χ2v) is 8.02. The van der Waals surface area contributed by atoms with Crippen molar-refractivity contribution < 1.29 is 32.0 Å². The third-order valence-electron chi connectivity index (χ3n) is 4.79. The first-order chi connectivity index (χ1) is 15.7. The van der Waals surface area contributed by atoms with E-state index in [9.17, 15) is 27.6 Å². The summed E-state index contributed by atoms with van der Waals surface area (Å²) in [6.07, 6.45) is -2.60. The third-order valence-corrected chi connectivity index (χ3v) is 5.70. The first-order valence-corrected chi connectivity index (χ1v) is 10.7. The molecule has 3 amide bonds. The van der Waals surface area contributed by atoms with Crippen molar-refractivity contribution in [2.24, 2.45) is 0 Å². The van der Waals surface area contributed by atoms with E-state index < -0.39 is 29.2 Å². The van der Waals surface area contributed by atoms with Crippen LogP contribution in [0, 0.1) is 0 Å². The van der Waals surface area contributed by atoms with Crippen molar-refractivity contribution in [3.8, 4) is 0 Å². The topological polar surface area (TPSA) is 105 Å². The quantitative estimate of drug-likeness (QED) is 0.549. The number of rotatable bonds is 6. The lowest BCUT2D eigenvalue weighted by atomic mass is 10.1. The molecule has 1 saturated heterocycles. The molecule has 1 aliphatic heterocycles. The summed E-state index contributed by atoms with van der Waals surface area (Å²) >= 11 is 1.20. The minimum absolute atomic E-state index is 0.0469. The Hall–Kier alpha value is -3.67. The standard InChI is InChI=1S/C21H17F3N4O4S/c22-21(23,24)14-9-12(25-19(31)16-3-2-8-32-16)5-6-15(14)27-17(29)10-13-11-33-20(26-13)28-7-1-4-18(28)30/h2-3,5-6,8-9,11H,1,4,7,10H2,(H,25,31)(H,27,29). The highest BCUT2D eigenvalue weighted by Crippen LogP contribution is 2.37. The Balaban J connectivity index is 1.46. The molecule has 2 aromatic heterocycles. The van der Waals surface area contributed by atoms with Crippen LogP contribution >= 0.6 is 11.3 Å². The number of amides is 3. The molecule has 1 aliphatic rings. The predicted molar refractivity (Wildman–Crippen MR) is 114 cm³/mol. The molecule has 0 atom stereocenters. The Bertz CT molecular complexity index is 1190. The van der Waals surface area contributed by atoms with Crippen molar-refractivity contribution in [1.82, 2.24) is 4.98 Å². The molecular weight excluding hydrogens is 461 g/mol. The van der Waals surface area contributed by atoms with E-state index in [0.29, 0.717) is 23.8 Å². The van der Waals surface area contributed by atoms with E-state index >= 15 is 0 Å². The molecule has 8 nitrogen and oxygen atoms in total. The molecule has 33 heavy (non-hydrogen) atoms. The normalized spacial score (nSPS) is 13.9. The van der Waals surface area contributed by atoms with Gasteiger partial charge in [0.2, 0.25) is 11.8 Å². The van der Waals surface area contributed by atoms with E-state index in [-0.39, 0.29) is 23.8 Å². The number of carbonyl (C=O) groups excluding carboxylic acids is 3. The summed E-state index contributed by atoms with van der Waals surface area (Å²) in [6, 6.07) is 5.89. The molecule has 3 aromatic rings. The first kappa shape index (κ1) is 22.5. The SMILES string of the molecule is O=C(Cc1csc(N2CCCC2=O)n1)Nc1ccc(NC(=O)c2ccco2)cc1C(F)(F)F. The molecule has 0 spiro atoms. The van der Waals surface area contributed by atoms with E-state index in [4.69, 9.17) is 4.42 Å². The highest BCUT2D eigenvalue weighted by atomic mass is 32.1. The predicted octanol–water partition coefficient (Wildman–Crippen LogP) is 4.32. The number of carbonyl (C=O) groups is 3.